The highest BCUT2D eigenvalue weighted by Gasteiger charge is 2.09. The van der Waals surface area contributed by atoms with Crippen LogP contribution in [0.1, 0.15) is 15.9 Å². The van der Waals surface area contributed by atoms with E-state index in [1.54, 1.807) is 24.3 Å². The van der Waals surface area contributed by atoms with E-state index in [1.807, 2.05) is 6.92 Å². The SMILES string of the molecule is Cc1ccc(C(=O)Nc2ccc(O)cc2N)cc1Cl. The maximum absolute atomic E-state index is 12.0. The third kappa shape index (κ3) is 2.98. The van der Waals surface area contributed by atoms with Gasteiger partial charge in [0.2, 0.25) is 0 Å². The van der Waals surface area contributed by atoms with Crippen molar-refractivity contribution in [1.29, 1.82) is 0 Å². The smallest absolute Gasteiger partial charge is 0.255 e. The number of anilines is 2. The zero-order valence-corrected chi connectivity index (χ0v) is 11.0. The number of carbonyl (C=O) groups is 1. The fourth-order valence-corrected chi connectivity index (χ4v) is 1.77. The molecule has 19 heavy (non-hydrogen) atoms. The van der Waals surface area contributed by atoms with Crippen LogP contribution in [0.15, 0.2) is 36.4 Å². The van der Waals surface area contributed by atoms with E-state index < -0.39 is 0 Å². The highest BCUT2D eigenvalue weighted by molar-refractivity contribution is 6.31. The van der Waals surface area contributed by atoms with Crippen molar-refractivity contribution in [3.8, 4) is 5.75 Å². The molecule has 2 aromatic carbocycles. The van der Waals surface area contributed by atoms with Crippen molar-refractivity contribution in [2.75, 3.05) is 11.1 Å². The number of hydrogen-bond donors (Lipinski definition) is 3. The number of amides is 1. The topological polar surface area (TPSA) is 75.3 Å². The van der Waals surface area contributed by atoms with Crippen LogP contribution in [0.3, 0.4) is 0 Å². The van der Waals surface area contributed by atoms with Crippen LogP contribution in [0.2, 0.25) is 5.02 Å². The Morgan fingerprint density at radius 1 is 1.26 bits per heavy atom. The van der Waals surface area contributed by atoms with E-state index in [0.717, 1.165) is 5.56 Å². The van der Waals surface area contributed by atoms with Gasteiger partial charge in [0.15, 0.2) is 0 Å². The second-order valence-corrected chi connectivity index (χ2v) is 4.60. The van der Waals surface area contributed by atoms with Gasteiger partial charge >= 0.3 is 0 Å². The van der Waals surface area contributed by atoms with Crippen LogP contribution >= 0.6 is 11.6 Å². The Morgan fingerprint density at radius 2 is 2.00 bits per heavy atom. The summed E-state index contributed by atoms with van der Waals surface area (Å²) in [7, 11) is 0. The molecule has 4 N–H and O–H groups in total. The molecule has 5 heteroatoms. The molecule has 1 amide bonds. The van der Waals surface area contributed by atoms with Crippen molar-refractivity contribution in [2.24, 2.45) is 0 Å². The predicted octanol–water partition coefficient (Wildman–Crippen LogP) is 3.19. The van der Waals surface area contributed by atoms with Crippen LogP contribution in [0.4, 0.5) is 11.4 Å². The summed E-state index contributed by atoms with van der Waals surface area (Å²) in [4.78, 5) is 12.0. The number of benzene rings is 2. The average molecular weight is 277 g/mol. The second-order valence-electron chi connectivity index (χ2n) is 4.19. The number of phenolic OH excluding ortho intramolecular Hbond substituents is 1. The van der Waals surface area contributed by atoms with Crippen LogP contribution < -0.4 is 11.1 Å². The third-order valence-electron chi connectivity index (χ3n) is 2.72. The number of aryl methyl sites for hydroxylation is 1. The average Bonchev–Trinajstić information content (AvgIpc) is 2.36. The van der Waals surface area contributed by atoms with E-state index in [4.69, 9.17) is 17.3 Å². The van der Waals surface area contributed by atoms with Gasteiger partial charge in [-0.05, 0) is 36.8 Å². The minimum absolute atomic E-state index is 0.0499. The Balaban J connectivity index is 2.23. The van der Waals surface area contributed by atoms with Gasteiger partial charge in [-0.2, -0.15) is 0 Å². The van der Waals surface area contributed by atoms with E-state index >= 15 is 0 Å². The fraction of sp³-hybridized carbons (Fsp3) is 0.0714. The molecule has 98 valence electrons. The first-order chi connectivity index (χ1) is 8.97. The fourth-order valence-electron chi connectivity index (χ4n) is 1.59. The summed E-state index contributed by atoms with van der Waals surface area (Å²) in [5, 5.41) is 12.4. The Kier molecular flexibility index (Phi) is 3.62. The second kappa shape index (κ2) is 5.20. The summed E-state index contributed by atoms with van der Waals surface area (Å²) in [6.07, 6.45) is 0. The Morgan fingerprint density at radius 3 is 2.63 bits per heavy atom. The van der Waals surface area contributed by atoms with Crippen molar-refractivity contribution < 1.29 is 9.90 Å². The van der Waals surface area contributed by atoms with Gasteiger partial charge in [0.1, 0.15) is 5.75 Å². The quantitative estimate of drug-likeness (QED) is 0.582. The maximum atomic E-state index is 12.0. The molecular weight excluding hydrogens is 264 g/mol. The molecule has 0 saturated carbocycles. The highest BCUT2D eigenvalue weighted by Crippen LogP contribution is 2.24. The van der Waals surface area contributed by atoms with Crippen LogP contribution in [0.5, 0.6) is 5.75 Å². The zero-order valence-electron chi connectivity index (χ0n) is 10.3. The minimum Gasteiger partial charge on any atom is -0.508 e. The molecule has 0 atom stereocenters. The summed E-state index contributed by atoms with van der Waals surface area (Å²) in [6, 6.07) is 9.43. The Hall–Kier alpha value is -2.20. The predicted molar refractivity (Wildman–Crippen MR) is 76.7 cm³/mol. The van der Waals surface area contributed by atoms with Crippen LogP contribution in [-0.2, 0) is 0 Å². The van der Waals surface area contributed by atoms with Gasteiger partial charge in [-0.1, -0.05) is 17.7 Å². The van der Waals surface area contributed by atoms with Crippen LogP contribution in [-0.4, -0.2) is 11.0 Å². The molecule has 0 bridgehead atoms. The monoisotopic (exact) mass is 276 g/mol. The minimum atomic E-state index is -0.306. The van der Waals surface area contributed by atoms with Gasteiger partial charge in [-0.3, -0.25) is 4.79 Å². The lowest BCUT2D eigenvalue weighted by Gasteiger charge is -2.09. The molecule has 0 unspecified atom stereocenters. The van der Waals surface area contributed by atoms with E-state index in [9.17, 15) is 9.90 Å². The molecule has 0 spiro atoms. The largest absolute Gasteiger partial charge is 0.508 e. The number of halogens is 1. The number of nitrogens with one attached hydrogen (secondary N) is 1. The molecule has 0 aliphatic rings. The molecule has 4 nitrogen and oxygen atoms in total. The first-order valence-corrected chi connectivity index (χ1v) is 6.01. The van der Waals surface area contributed by atoms with Gasteiger partial charge in [0.25, 0.3) is 5.91 Å². The van der Waals surface area contributed by atoms with Crippen molar-refractivity contribution >= 4 is 28.9 Å². The molecule has 0 aliphatic heterocycles. The van der Waals surface area contributed by atoms with E-state index in [1.165, 1.54) is 12.1 Å². The van der Waals surface area contributed by atoms with Gasteiger partial charge in [-0.15, -0.1) is 0 Å². The number of aromatic hydroxyl groups is 1. The first-order valence-electron chi connectivity index (χ1n) is 5.63. The van der Waals surface area contributed by atoms with E-state index in [-0.39, 0.29) is 11.7 Å². The van der Waals surface area contributed by atoms with Gasteiger partial charge < -0.3 is 16.2 Å². The lowest BCUT2D eigenvalue weighted by Crippen LogP contribution is -2.13. The lowest BCUT2D eigenvalue weighted by molar-refractivity contribution is 0.102. The van der Waals surface area contributed by atoms with Crippen molar-refractivity contribution in [2.45, 2.75) is 6.92 Å². The summed E-state index contributed by atoms with van der Waals surface area (Å²) in [6.45, 7) is 1.86. The van der Waals surface area contributed by atoms with Gasteiger partial charge in [0, 0.05) is 16.7 Å². The molecule has 2 rings (SSSR count). The van der Waals surface area contributed by atoms with Gasteiger partial charge in [0.05, 0.1) is 11.4 Å². The zero-order chi connectivity index (χ0) is 14.0. The van der Waals surface area contributed by atoms with Gasteiger partial charge in [-0.25, -0.2) is 0 Å². The standard InChI is InChI=1S/C14H13ClN2O2/c1-8-2-3-9(6-11(8)15)14(19)17-13-5-4-10(18)7-12(13)16/h2-7,18H,16H2,1H3,(H,17,19). The van der Waals surface area contributed by atoms with E-state index in [0.29, 0.717) is 22.0 Å². The number of phenols is 1. The molecule has 0 radical (unpaired) electrons. The molecule has 0 saturated heterocycles. The van der Waals surface area contributed by atoms with E-state index in [2.05, 4.69) is 5.32 Å². The molecule has 0 fully saturated rings. The number of rotatable bonds is 2. The summed E-state index contributed by atoms with van der Waals surface area (Å²) < 4.78 is 0. The number of nitrogen functional groups attached to an aromatic ring is 1. The van der Waals surface area contributed by atoms with Crippen molar-refractivity contribution in [3.05, 3.63) is 52.5 Å². The Bertz CT molecular complexity index is 641. The normalized spacial score (nSPS) is 10.2. The van der Waals surface area contributed by atoms with Crippen molar-refractivity contribution in [3.63, 3.8) is 0 Å². The van der Waals surface area contributed by atoms with Crippen LogP contribution in [0, 0.1) is 6.92 Å². The third-order valence-corrected chi connectivity index (χ3v) is 3.12. The summed E-state index contributed by atoms with van der Waals surface area (Å²) >= 11 is 5.98. The number of hydrogen-bond acceptors (Lipinski definition) is 3. The maximum Gasteiger partial charge on any atom is 0.255 e. The highest BCUT2D eigenvalue weighted by atomic mass is 35.5. The summed E-state index contributed by atoms with van der Waals surface area (Å²) in [5.74, 6) is -0.256. The van der Waals surface area contributed by atoms with Crippen LogP contribution in [0.25, 0.3) is 0 Å². The molecule has 0 aromatic heterocycles. The number of nitrogens with two attached hydrogens (primary N) is 1. The molecule has 0 heterocycles. The molecular formula is C14H13ClN2O2. The molecule has 0 aliphatic carbocycles. The number of carbonyl (C=O) groups excluding carboxylic acids is 1. The molecule has 2 aromatic rings. The summed E-state index contributed by atoms with van der Waals surface area (Å²) in [5.41, 5.74) is 7.79. The Labute approximate surface area is 115 Å². The lowest BCUT2D eigenvalue weighted by atomic mass is 10.1. The first kappa shape index (κ1) is 13.2. The van der Waals surface area contributed by atoms with Crippen molar-refractivity contribution in [1.82, 2.24) is 0 Å².